The second kappa shape index (κ2) is 5.28. The Morgan fingerprint density at radius 3 is 3.00 bits per heavy atom. The van der Waals surface area contributed by atoms with Crippen LogP contribution in [-0.4, -0.2) is 18.6 Å². The molecule has 20 heavy (non-hydrogen) atoms. The van der Waals surface area contributed by atoms with E-state index < -0.39 is 6.10 Å². The minimum atomic E-state index is -0.540. The van der Waals surface area contributed by atoms with E-state index in [0.717, 1.165) is 11.4 Å². The molecule has 5 nitrogen and oxygen atoms in total. The van der Waals surface area contributed by atoms with Crippen LogP contribution >= 0.6 is 0 Å². The first-order valence-electron chi connectivity index (χ1n) is 6.57. The van der Waals surface area contributed by atoms with Crippen molar-refractivity contribution in [1.29, 1.82) is 0 Å². The van der Waals surface area contributed by atoms with Crippen molar-refractivity contribution in [3.63, 3.8) is 0 Å². The van der Waals surface area contributed by atoms with Gasteiger partial charge in [0.05, 0.1) is 24.5 Å². The number of carbonyl (C=O) groups is 1. The second-order valence-corrected chi connectivity index (χ2v) is 4.73. The molecule has 2 N–H and O–H groups in total. The van der Waals surface area contributed by atoms with Gasteiger partial charge in [-0.25, -0.2) is 0 Å². The molecule has 0 aliphatic carbocycles. The Hall–Kier alpha value is -2.43. The molecule has 0 saturated heterocycles. The number of benzene rings is 1. The summed E-state index contributed by atoms with van der Waals surface area (Å²) in [6.45, 7) is 2.33. The van der Waals surface area contributed by atoms with E-state index in [1.54, 1.807) is 12.3 Å². The smallest absolute Gasteiger partial charge is 0.263 e. The van der Waals surface area contributed by atoms with Gasteiger partial charge >= 0.3 is 0 Å². The number of furan rings is 1. The summed E-state index contributed by atoms with van der Waals surface area (Å²) in [4.78, 5) is 12.2. The Morgan fingerprint density at radius 2 is 2.20 bits per heavy atom. The summed E-state index contributed by atoms with van der Waals surface area (Å²) in [5.74, 6) is 1.27. The van der Waals surface area contributed by atoms with Crippen molar-refractivity contribution in [1.82, 2.24) is 5.32 Å². The van der Waals surface area contributed by atoms with Gasteiger partial charge in [0.25, 0.3) is 5.91 Å². The van der Waals surface area contributed by atoms with Crippen molar-refractivity contribution in [2.45, 2.75) is 19.1 Å². The molecule has 5 heteroatoms. The van der Waals surface area contributed by atoms with Crippen LogP contribution in [0.3, 0.4) is 0 Å². The molecule has 1 aromatic carbocycles. The molecule has 0 fully saturated rings. The summed E-state index contributed by atoms with van der Waals surface area (Å²) in [5.41, 5.74) is 0.913. The summed E-state index contributed by atoms with van der Waals surface area (Å²) >= 11 is 0. The van der Waals surface area contributed by atoms with Crippen LogP contribution in [-0.2, 0) is 4.79 Å². The van der Waals surface area contributed by atoms with Gasteiger partial charge in [0.1, 0.15) is 11.5 Å². The first-order valence-corrected chi connectivity index (χ1v) is 6.57. The lowest BCUT2D eigenvalue weighted by molar-refractivity contribution is -0.128. The second-order valence-electron chi connectivity index (χ2n) is 4.73. The molecule has 104 valence electrons. The fraction of sp³-hybridized carbons (Fsp3) is 0.267. The van der Waals surface area contributed by atoms with Crippen LogP contribution in [0.1, 0.15) is 18.7 Å². The normalized spacial score (nSPS) is 18.4. The molecular formula is C15H16N2O3. The van der Waals surface area contributed by atoms with E-state index in [-0.39, 0.29) is 11.9 Å². The maximum Gasteiger partial charge on any atom is 0.263 e. The monoisotopic (exact) mass is 272 g/mol. The third-order valence-corrected chi connectivity index (χ3v) is 3.26. The fourth-order valence-corrected chi connectivity index (χ4v) is 2.17. The third kappa shape index (κ3) is 2.47. The molecule has 1 unspecified atom stereocenters. The molecule has 2 heterocycles. The van der Waals surface area contributed by atoms with Gasteiger partial charge < -0.3 is 19.8 Å². The maximum absolute atomic E-state index is 12.2. The highest BCUT2D eigenvalue weighted by Crippen LogP contribution is 2.28. The lowest BCUT2D eigenvalue weighted by Crippen LogP contribution is -2.45. The van der Waals surface area contributed by atoms with Crippen molar-refractivity contribution in [2.75, 3.05) is 11.9 Å². The van der Waals surface area contributed by atoms with Crippen LogP contribution in [0.15, 0.2) is 47.1 Å². The zero-order valence-electron chi connectivity index (χ0n) is 11.1. The maximum atomic E-state index is 12.2. The Bertz CT molecular complexity index is 595. The zero-order valence-corrected chi connectivity index (χ0v) is 11.1. The summed E-state index contributed by atoms with van der Waals surface area (Å²) in [7, 11) is 0. The van der Waals surface area contributed by atoms with Crippen molar-refractivity contribution >= 4 is 11.6 Å². The molecule has 0 radical (unpaired) electrons. The Morgan fingerprint density at radius 1 is 1.35 bits per heavy atom. The van der Waals surface area contributed by atoms with Gasteiger partial charge in [-0.3, -0.25) is 4.79 Å². The number of rotatable bonds is 3. The van der Waals surface area contributed by atoms with Gasteiger partial charge in [-0.2, -0.15) is 0 Å². The molecule has 1 amide bonds. The SMILES string of the molecule is C[C@@H](NC(=O)C1CNc2ccccc2O1)c1ccco1. The minimum absolute atomic E-state index is 0.157. The molecule has 1 aliphatic rings. The van der Waals surface area contributed by atoms with Gasteiger partial charge in [0.15, 0.2) is 6.10 Å². The quantitative estimate of drug-likeness (QED) is 0.900. The van der Waals surface area contributed by atoms with Crippen molar-refractivity contribution < 1.29 is 13.9 Å². The average Bonchev–Trinajstić information content (AvgIpc) is 3.01. The third-order valence-electron chi connectivity index (χ3n) is 3.26. The Balaban J connectivity index is 1.64. The summed E-state index contributed by atoms with van der Waals surface area (Å²) < 4.78 is 11.0. The molecule has 0 spiro atoms. The highest BCUT2D eigenvalue weighted by molar-refractivity contribution is 5.83. The number of nitrogens with one attached hydrogen (secondary N) is 2. The summed E-state index contributed by atoms with van der Waals surface area (Å²) in [5, 5.41) is 6.08. The van der Waals surface area contributed by atoms with E-state index in [1.165, 1.54) is 0 Å². The van der Waals surface area contributed by atoms with Crippen LogP contribution in [0.25, 0.3) is 0 Å². The summed E-state index contributed by atoms with van der Waals surface area (Å²) in [6.07, 6.45) is 1.05. The van der Waals surface area contributed by atoms with Gasteiger partial charge in [-0.05, 0) is 31.2 Å². The van der Waals surface area contributed by atoms with Gasteiger partial charge in [0.2, 0.25) is 0 Å². The first-order chi connectivity index (χ1) is 9.74. The summed E-state index contributed by atoms with van der Waals surface area (Å²) in [6, 6.07) is 11.0. The number of amides is 1. The predicted molar refractivity (Wildman–Crippen MR) is 74.6 cm³/mol. The van der Waals surface area contributed by atoms with Crippen LogP contribution < -0.4 is 15.4 Å². The van der Waals surface area contributed by atoms with Crippen molar-refractivity contribution in [3.8, 4) is 5.75 Å². The lowest BCUT2D eigenvalue weighted by Gasteiger charge is -2.27. The number of hydrogen-bond acceptors (Lipinski definition) is 4. The van der Waals surface area contributed by atoms with E-state index >= 15 is 0 Å². The highest BCUT2D eigenvalue weighted by atomic mass is 16.5. The largest absolute Gasteiger partial charge is 0.477 e. The van der Waals surface area contributed by atoms with Gasteiger partial charge in [-0.15, -0.1) is 0 Å². The number of para-hydroxylation sites is 2. The topological polar surface area (TPSA) is 63.5 Å². The van der Waals surface area contributed by atoms with Gasteiger partial charge in [0, 0.05) is 0 Å². The number of hydrogen-bond donors (Lipinski definition) is 2. The van der Waals surface area contributed by atoms with Crippen LogP contribution in [0, 0.1) is 0 Å². The van der Waals surface area contributed by atoms with E-state index in [4.69, 9.17) is 9.15 Å². The zero-order chi connectivity index (χ0) is 13.9. The predicted octanol–water partition coefficient (Wildman–Crippen LogP) is 2.33. The number of carbonyl (C=O) groups excluding carboxylic acids is 1. The molecule has 0 bridgehead atoms. The molecule has 0 saturated carbocycles. The minimum Gasteiger partial charge on any atom is -0.477 e. The Kier molecular flexibility index (Phi) is 3.33. The first kappa shape index (κ1) is 12.6. The fourth-order valence-electron chi connectivity index (χ4n) is 2.17. The molecule has 3 rings (SSSR count). The average molecular weight is 272 g/mol. The van der Waals surface area contributed by atoms with Gasteiger partial charge in [-0.1, -0.05) is 12.1 Å². The lowest BCUT2D eigenvalue weighted by atomic mass is 10.2. The molecule has 1 aromatic heterocycles. The van der Waals surface area contributed by atoms with E-state index in [9.17, 15) is 4.79 Å². The van der Waals surface area contributed by atoms with E-state index in [1.807, 2.05) is 37.3 Å². The Labute approximate surface area is 116 Å². The van der Waals surface area contributed by atoms with Crippen molar-refractivity contribution in [3.05, 3.63) is 48.4 Å². The molecular weight excluding hydrogens is 256 g/mol. The molecule has 2 aromatic rings. The number of fused-ring (bicyclic) bond motifs is 1. The van der Waals surface area contributed by atoms with E-state index in [0.29, 0.717) is 12.3 Å². The number of ether oxygens (including phenoxy) is 1. The van der Waals surface area contributed by atoms with Crippen molar-refractivity contribution in [2.24, 2.45) is 0 Å². The highest BCUT2D eigenvalue weighted by Gasteiger charge is 2.27. The molecule has 1 aliphatic heterocycles. The number of anilines is 1. The van der Waals surface area contributed by atoms with Crippen LogP contribution in [0.5, 0.6) is 5.75 Å². The van der Waals surface area contributed by atoms with Crippen LogP contribution in [0.2, 0.25) is 0 Å². The van der Waals surface area contributed by atoms with Crippen LogP contribution in [0.4, 0.5) is 5.69 Å². The molecule has 2 atom stereocenters. The standard InChI is InChI=1S/C15H16N2O3/c1-10(12-7-4-8-19-12)17-15(18)14-9-16-11-5-2-3-6-13(11)20-14/h2-8,10,14,16H,9H2,1H3,(H,17,18)/t10-,14?/m1/s1. The van der Waals surface area contributed by atoms with E-state index in [2.05, 4.69) is 10.6 Å².